The monoisotopic (exact) mass is 371 g/mol. The van der Waals surface area contributed by atoms with E-state index in [1.54, 1.807) is 7.11 Å². The summed E-state index contributed by atoms with van der Waals surface area (Å²) in [6, 6.07) is 26.2. The smallest absolute Gasteiger partial charge is 0.237 e. The van der Waals surface area contributed by atoms with Crippen molar-refractivity contribution in [2.75, 3.05) is 19.1 Å². The maximum Gasteiger partial charge on any atom is 0.237 e. The van der Waals surface area contributed by atoms with E-state index in [9.17, 15) is 4.79 Å². The number of hydrogen-bond donors (Lipinski definition) is 0. The van der Waals surface area contributed by atoms with Crippen molar-refractivity contribution in [3.05, 3.63) is 84.4 Å². The van der Waals surface area contributed by atoms with Crippen LogP contribution in [0.5, 0.6) is 5.75 Å². The molecule has 3 heteroatoms. The number of para-hydroxylation sites is 1. The lowest BCUT2D eigenvalue weighted by Gasteiger charge is -2.27. The molecule has 28 heavy (non-hydrogen) atoms. The van der Waals surface area contributed by atoms with Crippen LogP contribution in [0.2, 0.25) is 0 Å². The van der Waals surface area contributed by atoms with Crippen LogP contribution in [0, 0.1) is 5.92 Å². The second-order valence-corrected chi connectivity index (χ2v) is 7.55. The quantitative estimate of drug-likeness (QED) is 0.609. The molecule has 2 atom stereocenters. The average molecular weight is 371 g/mol. The summed E-state index contributed by atoms with van der Waals surface area (Å²) >= 11 is 0. The summed E-state index contributed by atoms with van der Waals surface area (Å²) in [6.07, 6.45) is 0.871. The minimum absolute atomic E-state index is 0.147. The van der Waals surface area contributed by atoms with Gasteiger partial charge < -0.3 is 9.64 Å². The summed E-state index contributed by atoms with van der Waals surface area (Å²) in [4.78, 5) is 15.5. The number of rotatable bonds is 5. The van der Waals surface area contributed by atoms with Gasteiger partial charge in [-0.15, -0.1) is 0 Å². The van der Waals surface area contributed by atoms with Gasteiger partial charge in [0.25, 0.3) is 0 Å². The van der Waals surface area contributed by atoms with Crippen LogP contribution in [0.1, 0.15) is 18.9 Å². The summed E-state index contributed by atoms with van der Waals surface area (Å²) in [5.41, 5.74) is 3.72. The van der Waals surface area contributed by atoms with Gasteiger partial charge in [0.1, 0.15) is 5.75 Å². The van der Waals surface area contributed by atoms with Crippen LogP contribution in [-0.2, 0) is 10.2 Å². The minimum atomic E-state index is -0.454. The molecular formula is C25H25NO2. The molecule has 0 bridgehead atoms. The lowest BCUT2D eigenvalue weighted by Crippen LogP contribution is -2.38. The second-order valence-electron chi connectivity index (χ2n) is 7.55. The largest absolute Gasteiger partial charge is 0.497 e. The van der Waals surface area contributed by atoms with Crippen LogP contribution in [0.15, 0.2) is 78.9 Å². The lowest BCUT2D eigenvalue weighted by molar-refractivity contribution is -0.121. The van der Waals surface area contributed by atoms with Gasteiger partial charge in [-0.25, -0.2) is 0 Å². The van der Waals surface area contributed by atoms with E-state index in [0.29, 0.717) is 5.92 Å². The van der Waals surface area contributed by atoms with E-state index in [-0.39, 0.29) is 5.91 Å². The van der Waals surface area contributed by atoms with Crippen LogP contribution in [0.25, 0.3) is 11.1 Å². The number of benzene rings is 3. The number of hydrogen-bond acceptors (Lipinski definition) is 2. The molecule has 1 amide bonds. The Balaban J connectivity index is 1.70. The van der Waals surface area contributed by atoms with Crippen molar-refractivity contribution in [3.63, 3.8) is 0 Å². The third-order valence-electron chi connectivity index (χ3n) is 5.95. The highest BCUT2D eigenvalue weighted by Gasteiger charge is 2.59. The zero-order valence-corrected chi connectivity index (χ0v) is 16.6. The van der Waals surface area contributed by atoms with Crippen molar-refractivity contribution in [1.29, 1.82) is 0 Å². The van der Waals surface area contributed by atoms with Crippen molar-refractivity contribution >= 4 is 11.6 Å². The highest BCUT2D eigenvalue weighted by molar-refractivity contribution is 6.05. The summed E-state index contributed by atoms with van der Waals surface area (Å²) in [6.45, 7) is 2.15. The van der Waals surface area contributed by atoms with Crippen LogP contribution in [0.4, 0.5) is 5.69 Å². The predicted octanol–water partition coefficient (Wildman–Crippen LogP) is 5.30. The molecule has 4 rings (SSSR count). The first kappa shape index (κ1) is 18.3. The molecule has 0 heterocycles. The van der Waals surface area contributed by atoms with Crippen molar-refractivity contribution in [1.82, 2.24) is 0 Å². The fourth-order valence-electron chi connectivity index (χ4n) is 4.17. The Hall–Kier alpha value is -3.07. The van der Waals surface area contributed by atoms with Gasteiger partial charge in [0.05, 0.1) is 18.2 Å². The second kappa shape index (κ2) is 7.16. The van der Waals surface area contributed by atoms with Crippen LogP contribution >= 0.6 is 0 Å². The number of carbonyl (C=O) groups excluding carboxylic acids is 1. The summed E-state index contributed by atoms with van der Waals surface area (Å²) in [7, 11) is 3.55. The first-order valence-corrected chi connectivity index (χ1v) is 9.65. The Morgan fingerprint density at radius 2 is 1.57 bits per heavy atom. The maximum absolute atomic E-state index is 13.7. The molecule has 0 saturated heterocycles. The van der Waals surface area contributed by atoms with Gasteiger partial charge in [0.15, 0.2) is 0 Å². The zero-order valence-electron chi connectivity index (χ0n) is 16.6. The van der Waals surface area contributed by atoms with Crippen molar-refractivity contribution in [2.24, 2.45) is 5.92 Å². The van der Waals surface area contributed by atoms with E-state index in [2.05, 4.69) is 25.1 Å². The van der Waals surface area contributed by atoms with Crippen molar-refractivity contribution in [3.8, 4) is 16.9 Å². The van der Waals surface area contributed by atoms with E-state index in [1.807, 2.05) is 72.6 Å². The van der Waals surface area contributed by atoms with Gasteiger partial charge in [0.2, 0.25) is 5.91 Å². The minimum Gasteiger partial charge on any atom is -0.497 e. The van der Waals surface area contributed by atoms with E-state index >= 15 is 0 Å². The van der Waals surface area contributed by atoms with Gasteiger partial charge >= 0.3 is 0 Å². The fraction of sp³-hybridized carbons (Fsp3) is 0.240. The zero-order chi connectivity index (χ0) is 19.7. The molecule has 2 unspecified atom stereocenters. The number of amides is 1. The Morgan fingerprint density at radius 1 is 0.964 bits per heavy atom. The topological polar surface area (TPSA) is 29.5 Å². The van der Waals surface area contributed by atoms with E-state index in [1.165, 1.54) is 0 Å². The number of methoxy groups -OCH3 is 1. The average Bonchev–Trinajstić information content (AvgIpc) is 3.45. The van der Waals surface area contributed by atoms with Gasteiger partial charge in [-0.3, -0.25) is 4.79 Å². The predicted molar refractivity (Wildman–Crippen MR) is 114 cm³/mol. The molecule has 0 N–H and O–H groups in total. The fourth-order valence-corrected chi connectivity index (χ4v) is 4.17. The molecule has 142 valence electrons. The van der Waals surface area contributed by atoms with Crippen LogP contribution < -0.4 is 9.64 Å². The van der Waals surface area contributed by atoms with E-state index < -0.39 is 5.41 Å². The number of carbonyl (C=O) groups is 1. The molecule has 0 radical (unpaired) electrons. The summed E-state index contributed by atoms with van der Waals surface area (Å²) in [5, 5.41) is 0. The third-order valence-corrected chi connectivity index (χ3v) is 5.95. The Morgan fingerprint density at radius 3 is 2.18 bits per heavy atom. The first-order chi connectivity index (χ1) is 13.6. The van der Waals surface area contributed by atoms with Gasteiger partial charge in [0, 0.05) is 12.6 Å². The van der Waals surface area contributed by atoms with Crippen molar-refractivity contribution in [2.45, 2.75) is 18.8 Å². The normalized spacial score (nSPS) is 20.5. The van der Waals surface area contributed by atoms with Gasteiger partial charge in [-0.1, -0.05) is 67.6 Å². The molecule has 1 aliphatic carbocycles. The molecule has 3 aromatic carbocycles. The summed E-state index contributed by atoms with van der Waals surface area (Å²) in [5.74, 6) is 1.27. The molecule has 0 spiro atoms. The third kappa shape index (κ3) is 2.97. The maximum atomic E-state index is 13.7. The molecule has 1 saturated carbocycles. The molecule has 1 fully saturated rings. The highest BCUT2D eigenvalue weighted by Crippen LogP contribution is 2.55. The first-order valence-electron chi connectivity index (χ1n) is 9.65. The number of nitrogens with zero attached hydrogens (tertiary/aromatic N) is 1. The molecule has 0 aromatic heterocycles. The Bertz CT molecular complexity index is 981. The van der Waals surface area contributed by atoms with Crippen molar-refractivity contribution < 1.29 is 9.53 Å². The molecule has 0 aliphatic heterocycles. The molecular weight excluding hydrogens is 346 g/mol. The SMILES string of the molecule is COc1ccc(C2(C(=O)N(C)c3ccccc3-c3ccccc3)CC2C)cc1. The highest BCUT2D eigenvalue weighted by atomic mass is 16.5. The lowest BCUT2D eigenvalue weighted by atomic mass is 9.91. The molecule has 1 aliphatic rings. The summed E-state index contributed by atoms with van der Waals surface area (Å²) < 4.78 is 5.28. The van der Waals surface area contributed by atoms with Crippen LogP contribution in [0.3, 0.4) is 0 Å². The standard InChI is InChI=1S/C25H25NO2/c1-18-17-25(18,20-13-15-21(28-3)16-14-20)24(27)26(2)23-12-8-7-11-22(23)19-9-5-4-6-10-19/h4-16,18H,17H2,1-3H3. The molecule has 3 nitrogen and oxygen atoms in total. The number of likely N-dealkylation sites (N-methyl/N-ethyl adjacent to an activating group) is 1. The Kier molecular flexibility index (Phi) is 4.68. The van der Waals surface area contributed by atoms with Gasteiger partial charge in [-0.2, -0.15) is 0 Å². The van der Waals surface area contributed by atoms with Crippen LogP contribution in [-0.4, -0.2) is 20.1 Å². The van der Waals surface area contributed by atoms with E-state index in [0.717, 1.165) is 34.5 Å². The number of anilines is 1. The number of ether oxygens (including phenoxy) is 1. The van der Waals surface area contributed by atoms with Gasteiger partial charge in [-0.05, 0) is 41.7 Å². The van der Waals surface area contributed by atoms with E-state index in [4.69, 9.17) is 4.74 Å². The Labute approximate surface area is 166 Å². The molecule has 3 aromatic rings.